The molecule has 0 radical (unpaired) electrons. The number of hydrogen-bond donors (Lipinski definition) is 0. The number of nitrogens with zero attached hydrogens (tertiary/aromatic N) is 2. The summed E-state index contributed by atoms with van der Waals surface area (Å²) in [5.74, 6) is 1.66. The van der Waals surface area contributed by atoms with Crippen LogP contribution in [0.5, 0.6) is 0 Å². The fraction of sp³-hybridized carbons (Fsp3) is 0.692. The topological polar surface area (TPSA) is 52.4 Å². The van der Waals surface area contributed by atoms with Gasteiger partial charge >= 0.3 is 0 Å². The second-order valence-corrected chi connectivity index (χ2v) is 6.10. The molecule has 90 valence electrons. The van der Waals surface area contributed by atoms with Gasteiger partial charge in [0.25, 0.3) is 0 Å². The fourth-order valence-electron chi connectivity index (χ4n) is 4.05. The van der Waals surface area contributed by atoms with Crippen LogP contribution in [-0.4, -0.2) is 16.8 Å². The zero-order valence-corrected chi connectivity index (χ0v) is 10.1. The number of aromatic nitrogens is 2. The molecule has 3 aliphatic rings. The molecule has 2 fully saturated rings. The maximum atomic E-state index is 11.3. The molecule has 1 unspecified atom stereocenters. The second kappa shape index (κ2) is 2.80. The molecule has 4 nitrogen and oxygen atoms in total. The van der Waals surface area contributed by atoms with E-state index < -0.39 is 0 Å². The highest BCUT2D eigenvalue weighted by Gasteiger charge is 2.61. The van der Waals surface area contributed by atoms with Gasteiger partial charge in [0.1, 0.15) is 0 Å². The summed E-state index contributed by atoms with van der Waals surface area (Å²) in [6.45, 7) is 4.32. The van der Waals surface area contributed by atoms with Gasteiger partial charge in [0.05, 0.1) is 17.9 Å². The standard InChI is InChI=1S/C13H16N2O2/c1-13(2)12(17-13)11-7-3-4-8(11)10-6-15(16)14-5-9(7)10/h5-8,11-12H,3-4H2,1-2H3/t7-,8+,11?,12+/m1/s1. The minimum Gasteiger partial charge on any atom is -0.594 e. The lowest BCUT2D eigenvalue weighted by Gasteiger charge is -2.13. The molecular formula is C13H16N2O2. The van der Waals surface area contributed by atoms with E-state index in [2.05, 4.69) is 18.9 Å². The third-order valence-electron chi connectivity index (χ3n) is 4.82. The van der Waals surface area contributed by atoms with Crippen molar-refractivity contribution < 1.29 is 9.58 Å². The van der Waals surface area contributed by atoms with Crippen LogP contribution in [0.3, 0.4) is 0 Å². The Hall–Kier alpha value is -1.16. The predicted molar refractivity (Wildman–Crippen MR) is 60.4 cm³/mol. The first kappa shape index (κ1) is 9.83. The van der Waals surface area contributed by atoms with Gasteiger partial charge in [0.15, 0.2) is 0 Å². The quantitative estimate of drug-likeness (QED) is 0.418. The Bertz CT molecular complexity index is 500. The van der Waals surface area contributed by atoms with Crippen LogP contribution in [0.4, 0.5) is 0 Å². The van der Waals surface area contributed by atoms with Crippen LogP contribution in [0.1, 0.15) is 49.7 Å². The molecule has 1 saturated heterocycles. The van der Waals surface area contributed by atoms with E-state index in [0.29, 0.717) is 28.7 Å². The lowest BCUT2D eigenvalue weighted by Crippen LogP contribution is -2.31. The van der Waals surface area contributed by atoms with Crippen molar-refractivity contribution in [2.75, 3.05) is 0 Å². The lowest BCUT2D eigenvalue weighted by atomic mass is 9.87. The molecule has 1 aromatic heterocycles. The molecule has 1 aromatic rings. The van der Waals surface area contributed by atoms with Crippen LogP contribution in [0.15, 0.2) is 12.4 Å². The van der Waals surface area contributed by atoms with E-state index in [1.165, 1.54) is 24.0 Å². The first-order valence-corrected chi connectivity index (χ1v) is 6.35. The number of epoxide rings is 1. The van der Waals surface area contributed by atoms with E-state index in [0.717, 1.165) is 0 Å². The lowest BCUT2D eigenvalue weighted by molar-refractivity contribution is -0.669. The van der Waals surface area contributed by atoms with Gasteiger partial charge < -0.3 is 9.94 Å². The summed E-state index contributed by atoms with van der Waals surface area (Å²) < 4.78 is 5.83. The molecule has 2 bridgehead atoms. The minimum absolute atomic E-state index is 0.0361. The van der Waals surface area contributed by atoms with Crippen LogP contribution in [0, 0.1) is 11.1 Å². The Kier molecular flexibility index (Phi) is 1.62. The zero-order valence-electron chi connectivity index (χ0n) is 10.1. The summed E-state index contributed by atoms with van der Waals surface area (Å²) in [6, 6.07) is 0. The van der Waals surface area contributed by atoms with Crippen LogP contribution in [0.25, 0.3) is 0 Å². The average molecular weight is 232 g/mol. The fourth-order valence-corrected chi connectivity index (χ4v) is 4.05. The highest BCUT2D eigenvalue weighted by atomic mass is 16.6. The van der Waals surface area contributed by atoms with Crippen molar-refractivity contribution in [3.8, 4) is 0 Å². The Morgan fingerprint density at radius 1 is 1.35 bits per heavy atom. The molecule has 2 aliphatic carbocycles. The number of rotatable bonds is 1. The summed E-state index contributed by atoms with van der Waals surface area (Å²) >= 11 is 0. The molecule has 1 saturated carbocycles. The summed E-state index contributed by atoms with van der Waals surface area (Å²) in [6.07, 6.45) is 6.23. The van der Waals surface area contributed by atoms with E-state index in [1.54, 1.807) is 12.4 Å². The molecule has 2 heterocycles. The maximum absolute atomic E-state index is 11.3. The highest BCUT2D eigenvalue weighted by Crippen LogP contribution is 2.63. The first-order valence-electron chi connectivity index (χ1n) is 6.35. The molecular weight excluding hydrogens is 216 g/mol. The van der Waals surface area contributed by atoms with Crippen LogP contribution >= 0.6 is 0 Å². The number of fused-ring (bicyclic) bond motifs is 5. The summed E-state index contributed by atoms with van der Waals surface area (Å²) in [5, 5.41) is 15.1. The SMILES string of the molecule is CC1(C)O[C@H]1C1[C@@H]2CC[C@H]1c1c[n+]([O-])ncc12. The average Bonchev–Trinajstić information content (AvgIpc) is 2.69. The Morgan fingerprint density at radius 2 is 2.00 bits per heavy atom. The molecule has 4 atom stereocenters. The van der Waals surface area contributed by atoms with Crippen LogP contribution < -0.4 is 4.85 Å². The first-order chi connectivity index (χ1) is 8.08. The second-order valence-electron chi connectivity index (χ2n) is 6.10. The largest absolute Gasteiger partial charge is 0.594 e. The van der Waals surface area contributed by atoms with Gasteiger partial charge in [-0.25, -0.2) is 0 Å². The van der Waals surface area contributed by atoms with E-state index >= 15 is 0 Å². The van der Waals surface area contributed by atoms with Gasteiger partial charge in [-0.05, 0) is 44.1 Å². The summed E-state index contributed by atoms with van der Waals surface area (Å²) in [4.78, 5) is 0.690. The third-order valence-corrected chi connectivity index (χ3v) is 4.82. The number of ether oxygens (including phenoxy) is 1. The van der Waals surface area contributed by atoms with Crippen molar-refractivity contribution in [3.63, 3.8) is 0 Å². The van der Waals surface area contributed by atoms with Crippen molar-refractivity contribution >= 4 is 0 Å². The Labute approximate surface area is 100 Å². The summed E-state index contributed by atoms with van der Waals surface area (Å²) in [7, 11) is 0. The molecule has 0 amide bonds. The van der Waals surface area contributed by atoms with E-state index in [-0.39, 0.29) is 5.60 Å². The molecule has 0 N–H and O–H groups in total. The van der Waals surface area contributed by atoms with E-state index in [9.17, 15) is 5.21 Å². The van der Waals surface area contributed by atoms with E-state index in [4.69, 9.17) is 4.74 Å². The third kappa shape index (κ3) is 1.16. The van der Waals surface area contributed by atoms with Crippen LogP contribution in [0.2, 0.25) is 0 Å². The molecule has 17 heavy (non-hydrogen) atoms. The Balaban J connectivity index is 1.76. The van der Waals surface area contributed by atoms with Gasteiger partial charge in [-0.15, -0.1) is 0 Å². The van der Waals surface area contributed by atoms with Gasteiger partial charge in [0.2, 0.25) is 6.20 Å². The van der Waals surface area contributed by atoms with Crippen molar-refractivity contribution in [1.82, 2.24) is 5.10 Å². The molecule has 1 aliphatic heterocycles. The minimum atomic E-state index is 0.0361. The van der Waals surface area contributed by atoms with E-state index in [1.807, 2.05) is 0 Å². The molecule has 4 rings (SSSR count). The van der Waals surface area contributed by atoms with Gasteiger partial charge in [-0.2, -0.15) is 0 Å². The van der Waals surface area contributed by atoms with Gasteiger partial charge in [0, 0.05) is 16.6 Å². The molecule has 0 spiro atoms. The van der Waals surface area contributed by atoms with Gasteiger partial charge in [-0.1, -0.05) is 4.85 Å². The normalized spacial score (nSPS) is 40.4. The molecule has 0 aromatic carbocycles. The van der Waals surface area contributed by atoms with Crippen molar-refractivity contribution in [2.24, 2.45) is 5.92 Å². The molecule has 4 heteroatoms. The van der Waals surface area contributed by atoms with Crippen molar-refractivity contribution in [2.45, 2.75) is 50.2 Å². The smallest absolute Gasteiger partial charge is 0.213 e. The maximum Gasteiger partial charge on any atom is 0.213 e. The van der Waals surface area contributed by atoms with Gasteiger partial charge in [-0.3, -0.25) is 0 Å². The van der Waals surface area contributed by atoms with Crippen molar-refractivity contribution in [1.29, 1.82) is 0 Å². The van der Waals surface area contributed by atoms with Crippen LogP contribution in [-0.2, 0) is 4.74 Å². The Morgan fingerprint density at radius 3 is 2.65 bits per heavy atom. The zero-order chi connectivity index (χ0) is 11.8. The monoisotopic (exact) mass is 232 g/mol. The van der Waals surface area contributed by atoms with Crippen molar-refractivity contribution in [3.05, 3.63) is 28.7 Å². The summed E-state index contributed by atoms with van der Waals surface area (Å²) in [5.41, 5.74) is 2.56. The number of hydrogen-bond acceptors (Lipinski definition) is 3. The highest BCUT2D eigenvalue weighted by molar-refractivity contribution is 5.40. The predicted octanol–water partition coefficient (Wildman–Crippen LogP) is 1.48.